The van der Waals surface area contributed by atoms with Gasteiger partial charge in [0.25, 0.3) is 5.91 Å². The number of aromatic hydroxyl groups is 1. The number of phenols is 1. The number of H-pyrrole nitrogens is 1. The van der Waals surface area contributed by atoms with E-state index in [1.165, 1.54) is 0 Å². The molecule has 156 valence electrons. The van der Waals surface area contributed by atoms with Crippen molar-refractivity contribution in [3.05, 3.63) is 90.0 Å². The van der Waals surface area contributed by atoms with Crippen molar-refractivity contribution >= 4 is 11.7 Å². The molecule has 0 aliphatic carbocycles. The maximum Gasteiger partial charge on any atom is 0.251 e. The van der Waals surface area contributed by atoms with E-state index in [0.717, 1.165) is 27.9 Å². The molecule has 2 aromatic heterocycles. The average molecular weight is 414 g/mol. The lowest BCUT2D eigenvalue weighted by Crippen LogP contribution is -2.17. The molecule has 0 aliphatic heterocycles. The van der Waals surface area contributed by atoms with Crippen LogP contribution < -0.4 is 5.32 Å². The number of nitrogens with one attached hydrogen (secondary N) is 2. The molecule has 2 heterocycles. The van der Waals surface area contributed by atoms with E-state index in [0.29, 0.717) is 24.1 Å². The molecular formula is C25H22N2O4. The summed E-state index contributed by atoms with van der Waals surface area (Å²) in [5.41, 5.74) is 5.34. The van der Waals surface area contributed by atoms with Gasteiger partial charge in [-0.2, -0.15) is 0 Å². The van der Waals surface area contributed by atoms with Crippen molar-refractivity contribution in [1.29, 1.82) is 0 Å². The number of phenolic OH excluding ortho intramolecular Hbond substituents is 1. The van der Waals surface area contributed by atoms with Gasteiger partial charge in [-0.1, -0.05) is 12.1 Å². The van der Waals surface area contributed by atoms with Gasteiger partial charge in [-0.3, -0.25) is 9.59 Å². The first-order chi connectivity index (χ1) is 15.0. The summed E-state index contributed by atoms with van der Waals surface area (Å²) in [4.78, 5) is 28.0. The lowest BCUT2D eigenvalue weighted by Gasteiger charge is -2.05. The number of aryl methyl sites for hydroxylation is 1. The van der Waals surface area contributed by atoms with Gasteiger partial charge in [0.1, 0.15) is 5.75 Å². The van der Waals surface area contributed by atoms with E-state index < -0.39 is 0 Å². The quantitative estimate of drug-likeness (QED) is 0.378. The Balaban J connectivity index is 1.56. The Hall–Kier alpha value is -4.06. The third-order valence-corrected chi connectivity index (χ3v) is 5.19. The first-order valence-corrected chi connectivity index (χ1v) is 9.94. The van der Waals surface area contributed by atoms with Gasteiger partial charge in [0, 0.05) is 35.9 Å². The van der Waals surface area contributed by atoms with Crippen LogP contribution in [0.5, 0.6) is 5.75 Å². The van der Waals surface area contributed by atoms with Crippen LogP contribution >= 0.6 is 0 Å². The average Bonchev–Trinajstić information content (AvgIpc) is 3.48. The van der Waals surface area contributed by atoms with Crippen molar-refractivity contribution in [2.75, 3.05) is 7.05 Å². The molecule has 0 saturated heterocycles. The van der Waals surface area contributed by atoms with Crippen LogP contribution in [0.15, 0.2) is 77.6 Å². The first-order valence-electron chi connectivity index (χ1n) is 9.94. The molecule has 6 heteroatoms. The van der Waals surface area contributed by atoms with Crippen LogP contribution in [0.25, 0.3) is 22.4 Å². The smallest absolute Gasteiger partial charge is 0.251 e. The van der Waals surface area contributed by atoms with Crippen molar-refractivity contribution < 1.29 is 19.1 Å². The summed E-state index contributed by atoms with van der Waals surface area (Å²) in [5, 5.41) is 12.1. The number of rotatable bonds is 7. The molecular weight excluding hydrogens is 392 g/mol. The SMILES string of the molecule is CNC(=O)c1ccc(CCC(=O)c2[nH]c(-c3ccc(O)cc3)cc2-c2ccoc2)cc1. The van der Waals surface area contributed by atoms with Crippen LogP contribution in [0.2, 0.25) is 0 Å². The molecule has 4 aromatic rings. The predicted octanol–water partition coefficient (Wildman–Crippen LogP) is 4.82. The van der Waals surface area contributed by atoms with Crippen LogP contribution in [-0.4, -0.2) is 28.8 Å². The second-order valence-electron chi connectivity index (χ2n) is 7.23. The van der Waals surface area contributed by atoms with Crippen molar-refractivity contribution in [2.45, 2.75) is 12.8 Å². The molecule has 0 saturated carbocycles. The molecule has 0 unspecified atom stereocenters. The summed E-state index contributed by atoms with van der Waals surface area (Å²) in [6, 6.07) is 17.8. The largest absolute Gasteiger partial charge is 0.508 e. The third-order valence-electron chi connectivity index (χ3n) is 5.19. The molecule has 0 fully saturated rings. The summed E-state index contributed by atoms with van der Waals surface area (Å²) >= 11 is 0. The topological polar surface area (TPSA) is 95.3 Å². The van der Waals surface area contributed by atoms with Crippen LogP contribution in [0.3, 0.4) is 0 Å². The number of furan rings is 1. The maximum atomic E-state index is 13.1. The number of Topliss-reactive ketones (excluding diaryl/α,β-unsaturated/α-hetero) is 1. The van der Waals surface area contributed by atoms with Gasteiger partial charge < -0.3 is 19.8 Å². The highest BCUT2D eigenvalue weighted by Crippen LogP contribution is 2.31. The molecule has 0 spiro atoms. The van der Waals surface area contributed by atoms with Crippen LogP contribution in [0.1, 0.15) is 32.8 Å². The summed E-state index contributed by atoms with van der Waals surface area (Å²) < 4.78 is 5.21. The minimum Gasteiger partial charge on any atom is -0.508 e. The highest BCUT2D eigenvalue weighted by atomic mass is 16.3. The third kappa shape index (κ3) is 4.43. The fourth-order valence-electron chi connectivity index (χ4n) is 3.47. The standard InChI is InChI=1S/C25H22N2O4/c1-26-25(30)18-5-2-16(3-6-18)4-11-23(29)24-21(19-12-13-31-15-19)14-22(27-24)17-7-9-20(28)10-8-17/h2-3,5-10,12-15,27-28H,4,11H2,1H3,(H,26,30). The summed E-state index contributed by atoms with van der Waals surface area (Å²) in [7, 11) is 1.59. The van der Waals surface area contributed by atoms with Gasteiger partial charge in [0.05, 0.1) is 18.2 Å². The van der Waals surface area contributed by atoms with Crippen LogP contribution in [0.4, 0.5) is 0 Å². The Kier molecular flexibility index (Phi) is 5.71. The minimum absolute atomic E-state index is 0.0170. The van der Waals surface area contributed by atoms with Gasteiger partial charge >= 0.3 is 0 Å². The predicted molar refractivity (Wildman–Crippen MR) is 118 cm³/mol. The Labute approximate surface area is 179 Å². The zero-order valence-corrected chi connectivity index (χ0v) is 17.0. The number of ketones is 1. The van der Waals surface area contributed by atoms with Gasteiger partial charge in [-0.25, -0.2) is 0 Å². The van der Waals surface area contributed by atoms with E-state index in [2.05, 4.69) is 10.3 Å². The Morgan fingerprint density at radius 1 is 1.00 bits per heavy atom. The number of amides is 1. The fraction of sp³-hybridized carbons (Fsp3) is 0.120. The number of hydrogen-bond donors (Lipinski definition) is 3. The fourth-order valence-corrected chi connectivity index (χ4v) is 3.47. The van der Waals surface area contributed by atoms with Gasteiger partial charge in [-0.05, 0) is 66.1 Å². The second kappa shape index (κ2) is 8.75. The number of benzene rings is 2. The molecule has 1 amide bonds. The molecule has 31 heavy (non-hydrogen) atoms. The van der Waals surface area contributed by atoms with E-state index in [1.807, 2.05) is 24.3 Å². The van der Waals surface area contributed by atoms with Crippen molar-refractivity contribution in [1.82, 2.24) is 10.3 Å². The Bertz CT molecular complexity index is 1190. The zero-order chi connectivity index (χ0) is 21.8. The van der Waals surface area contributed by atoms with Gasteiger partial charge in [0.15, 0.2) is 5.78 Å². The highest BCUT2D eigenvalue weighted by Gasteiger charge is 2.18. The van der Waals surface area contributed by atoms with E-state index in [9.17, 15) is 14.7 Å². The number of aromatic nitrogens is 1. The molecule has 0 radical (unpaired) electrons. The number of carbonyl (C=O) groups is 2. The second-order valence-corrected chi connectivity index (χ2v) is 7.23. The monoisotopic (exact) mass is 414 g/mol. The Morgan fingerprint density at radius 2 is 1.74 bits per heavy atom. The molecule has 4 rings (SSSR count). The lowest BCUT2D eigenvalue weighted by molar-refractivity contribution is 0.0959. The van der Waals surface area contributed by atoms with Crippen LogP contribution in [-0.2, 0) is 6.42 Å². The summed E-state index contributed by atoms with van der Waals surface area (Å²) in [6.45, 7) is 0. The van der Waals surface area contributed by atoms with E-state index in [4.69, 9.17) is 4.42 Å². The van der Waals surface area contributed by atoms with Crippen LogP contribution in [0, 0.1) is 0 Å². The zero-order valence-electron chi connectivity index (χ0n) is 17.0. The summed E-state index contributed by atoms with van der Waals surface area (Å²) in [6.07, 6.45) is 4.06. The minimum atomic E-state index is -0.138. The first kappa shape index (κ1) is 20.2. The molecule has 6 nitrogen and oxygen atoms in total. The lowest BCUT2D eigenvalue weighted by atomic mass is 10.0. The van der Waals surface area contributed by atoms with E-state index >= 15 is 0 Å². The number of hydrogen-bond acceptors (Lipinski definition) is 4. The van der Waals surface area contributed by atoms with Gasteiger partial charge in [0.2, 0.25) is 0 Å². The summed E-state index contributed by atoms with van der Waals surface area (Å²) in [5.74, 6) is 0.0289. The van der Waals surface area contributed by atoms with Crippen molar-refractivity contribution in [3.63, 3.8) is 0 Å². The molecule has 2 aromatic carbocycles. The van der Waals surface area contributed by atoms with E-state index in [1.54, 1.807) is 56.0 Å². The highest BCUT2D eigenvalue weighted by molar-refractivity contribution is 6.02. The molecule has 0 aliphatic rings. The van der Waals surface area contributed by atoms with E-state index in [-0.39, 0.29) is 17.4 Å². The molecule has 0 bridgehead atoms. The van der Waals surface area contributed by atoms with Crippen molar-refractivity contribution in [2.24, 2.45) is 0 Å². The maximum absolute atomic E-state index is 13.1. The molecule has 3 N–H and O–H groups in total. The molecule has 0 atom stereocenters. The number of carbonyl (C=O) groups excluding carboxylic acids is 2. The van der Waals surface area contributed by atoms with Gasteiger partial charge in [-0.15, -0.1) is 0 Å². The van der Waals surface area contributed by atoms with Crippen molar-refractivity contribution in [3.8, 4) is 28.1 Å². The Morgan fingerprint density at radius 3 is 2.39 bits per heavy atom. The normalized spacial score (nSPS) is 10.7. The number of aromatic amines is 1.